The molecule has 0 aliphatic rings. The highest BCUT2D eigenvalue weighted by Crippen LogP contribution is 2.22. The number of hydrogen-bond donors (Lipinski definition) is 1. The minimum absolute atomic E-state index is 0.139. The molecule has 3 aromatic rings. The summed E-state index contributed by atoms with van der Waals surface area (Å²) in [5, 5.41) is 4.82. The van der Waals surface area contributed by atoms with Gasteiger partial charge in [0.25, 0.3) is 5.91 Å². The lowest BCUT2D eigenvalue weighted by atomic mass is 10.2. The van der Waals surface area contributed by atoms with E-state index in [1.807, 2.05) is 60.8 Å². The van der Waals surface area contributed by atoms with Crippen molar-refractivity contribution in [3.63, 3.8) is 0 Å². The van der Waals surface area contributed by atoms with E-state index in [1.165, 1.54) is 11.3 Å². The highest BCUT2D eigenvalue weighted by molar-refractivity contribution is 7.12. The van der Waals surface area contributed by atoms with Crippen LogP contribution in [0, 0.1) is 6.92 Å². The highest BCUT2D eigenvalue weighted by Gasteiger charge is 2.10. The number of rotatable bonds is 6. The van der Waals surface area contributed by atoms with Gasteiger partial charge in [-0.25, -0.2) is 0 Å². The molecule has 1 N–H and O–H groups in total. The fourth-order valence-corrected chi connectivity index (χ4v) is 3.14. The Labute approximate surface area is 151 Å². The van der Waals surface area contributed by atoms with Gasteiger partial charge in [-0.1, -0.05) is 24.3 Å². The molecule has 1 aromatic heterocycles. The van der Waals surface area contributed by atoms with E-state index < -0.39 is 0 Å². The van der Waals surface area contributed by atoms with Crippen molar-refractivity contribution < 1.29 is 14.3 Å². The van der Waals surface area contributed by atoms with Crippen LogP contribution >= 0.6 is 11.3 Å². The fraction of sp³-hybridized carbons (Fsp3) is 0.150. The van der Waals surface area contributed by atoms with Crippen molar-refractivity contribution in [1.29, 1.82) is 0 Å². The zero-order valence-electron chi connectivity index (χ0n) is 14.1. The molecular weight excluding hydrogens is 334 g/mol. The number of methoxy groups -OCH3 is 1. The third-order valence-electron chi connectivity index (χ3n) is 3.69. The maximum atomic E-state index is 12.4. The number of thiophene rings is 1. The number of anilines is 1. The van der Waals surface area contributed by atoms with E-state index >= 15 is 0 Å². The van der Waals surface area contributed by atoms with Crippen molar-refractivity contribution in [2.24, 2.45) is 0 Å². The summed E-state index contributed by atoms with van der Waals surface area (Å²) in [7, 11) is 1.60. The van der Waals surface area contributed by atoms with Crippen LogP contribution in [0.3, 0.4) is 0 Å². The fourth-order valence-electron chi connectivity index (χ4n) is 2.34. The van der Waals surface area contributed by atoms with Crippen molar-refractivity contribution >= 4 is 22.9 Å². The normalized spacial score (nSPS) is 10.3. The molecule has 1 heterocycles. The number of hydrogen-bond acceptors (Lipinski definition) is 4. The van der Waals surface area contributed by atoms with E-state index in [0.717, 1.165) is 16.9 Å². The van der Waals surface area contributed by atoms with Crippen LogP contribution in [0.5, 0.6) is 11.5 Å². The molecule has 0 unspecified atom stereocenters. The SMILES string of the molecule is COc1cccc(NC(=O)c2cc(COc3ccccc3C)cs2)c1. The summed E-state index contributed by atoms with van der Waals surface area (Å²) in [6.45, 7) is 2.45. The van der Waals surface area contributed by atoms with Crippen molar-refractivity contribution in [2.45, 2.75) is 13.5 Å². The molecule has 128 valence electrons. The van der Waals surface area contributed by atoms with Gasteiger partial charge < -0.3 is 14.8 Å². The first-order valence-electron chi connectivity index (χ1n) is 7.87. The van der Waals surface area contributed by atoms with Gasteiger partial charge in [-0.3, -0.25) is 4.79 Å². The standard InChI is InChI=1S/C20H19NO3S/c1-14-6-3-4-9-18(14)24-12-15-10-19(25-13-15)20(22)21-16-7-5-8-17(11-16)23-2/h3-11,13H,12H2,1-2H3,(H,21,22). The molecule has 4 nitrogen and oxygen atoms in total. The second kappa shape index (κ2) is 7.85. The second-order valence-electron chi connectivity index (χ2n) is 5.56. The van der Waals surface area contributed by atoms with Gasteiger partial charge in [-0.2, -0.15) is 0 Å². The van der Waals surface area contributed by atoms with Gasteiger partial charge in [0, 0.05) is 17.3 Å². The van der Waals surface area contributed by atoms with Crippen LogP contribution in [-0.2, 0) is 6.61 Å². The average Bonchev–Trinajstić information content (AvgIpc) is 3.10. The molecule has 1 amide bonds. The quantitative estimate of drug-likeness (QED) is 0.686. The largest absolute Gasteiger partial charge is 0.497 e. The van der Waals surface area contributed by atoms with Crippen LogP contribution in [0.4, 0.5) is 5.69 Å². The third kappa shape index (κ3) is 4.39. The maximum Gasteiger partial charge on any atom is 0.265 e. The van der Waals surface area contributed by atoms with Crippen LogP contribution in [0.15, 0.2) is 60.0 Å². The first-order valence-corrected chi connectivity index (χ1v) is 8.75. The van der Waals surface area contributed by atoms with E-state index in [-0.39, 0.29) is 5.91 Å². The van der Waals surface area contributed by atoms with Crippen molar-refractivity contribution in [2.75, 3.05) is 12.4 Å². The molecule has 0 saturated carbocycles. The number of aryl methyl sites for hydroxylation is 1. The van der Waals surface area contributed by atoms with Gasteiger partial charge in [0.05, 0.1) is 12.0 Å². The molecule has 0 radical (unpaired) electrons. The van der Waals surface area contributed by atoms with Crippen LogP contribution in [0.2, 0.25) is 0 Å². The summed E-state index contributed by atoms with van der Waals surface area (Å²) in [6.07, 6.45) is 0. The Kier molecular flexibility index (Phi) is 5.36. The van der Waals surface area contributed by atoms with E-state index in [4.69, 9.17) is 9.47 Å². The van der Waals surface area contributed by atoms with Gasteiger partial charge >= 0.3 is 0 Å². The van der Waals surface area contributed by atoms with Crippen LogP contribution in [0.25, 0.3) is 0 Å². The first kappa shape index (κ1) is 17.0. The number of benzene rings is 2. The Hall–Kier alpha value is -2.79. The maximum absolute atomic E-state index is 12.4. The number of carbonyl (C=O) groups excluding carboxylic acids is 1. The topological polar surface area (TPSA) is 47.6 Å². The molecule has 25 heavy (non-hydrogen) atoms. The van der Waals surface area contributed by atoms with E-state index in [0.29, 0.717) is 22.9 Å². The zero-order valence-corrected chi connectivity index (χ0v) is 14.9. The van der Waals surface area contributed by atoms with Crippen molar-refractivity contribution in [3.8, 4) is 11.5 Å². The Morgan fingerprint density at radius 3 is 2.76 bits per heavy atom. The molecule has 0 saturated heterocycles. The van der Waals surface area contributed by atoms with Gasteiger partial charge in [0.1, 0.15) is 18.1 Å². The molecule has 0 aliphatic carbocycles. The van der Waals surface area contributed by atoms with Crippen LogP contribution in [0.1, 0.15) is 20.8 Å². The summed E-state index contributed by atoms with van der Waals surface area (Å²) in [5.41, 5.74) is 2.77. The lowest BCUT2D eigenvalue weighted by Gasteiger charge is -2.07. The molecule has 0 atom stereocenters. The molecule has 0 aliphatic heterocycles. The minimum Gasteiger partial charge on any atom is -0.497 e. The number of carbonyl (C=O) groups is 1. The molecular formula is C20H19NO3S. The number of para-hydroxylation sites is 1. The summed E-state index contributed by atoms with van der Waals surface area (Å²) >= 11 is 1.40. The number of amides is 1. The Balaban J connectivity index is 1.62. The van der Waals surface area contributed by atoms with Gasteiger partial charge in [-0.15, -0.1) is 11.3 Å². The molecule has 0 spiro atoms. The van der Waals surface area contributed by atoms with Gasteiger partial charge in [0.15, 0.2) is 0 Å². The van der Waals surface area contributed by atoms with Crippen molar-refractivity contribution in [1.82, 2.24) is 0 Å². The molecule has 5 heteroatoms. The summed E-state index contributed by atoms with van der Waals surface area (Å²) in [6, 6.07) is 17.0. The molecule has 2 aromatic carbocycles. The van der Waals surface area contributed by atoms with Crippen LogP contribution in [-0.4, -0.2) is 13.0 Å². The molecule has 0 bridgehead atoms. The van der Waals surface area contributed by atoms with Gasteiger partial charge in [-0.05, 0) is 42.1 Å². The average molecular weight is 353 g/mol. The Morgan fingerprint density at radius 2 is 1.96 bits per heavy atom. The molecule has 3 rings (SSSR count). The lowest BCUT2D eigenvalue weighted by Crippen LogP contribution is -2.10. The second-order valence-corrected chi connectivity index (χ2v) is 6.47. The number of nitrogens with one attached hydrogen (secondary N) is 1. The van der Waals surface area contributed by atoms with Crippen molar-refractivity contribution in [3.05, 3.63) is 76.0 Å². The van der Waals surface area contributed by atoms with E-state index in [1.54, 1.807) is 13.2 Å². The molecule has 0 fully saturated rings. The summed E-state index contributed by atoms with van der Waals surface area (Å²) in [5.74, 6) is 1.42. The van der Waals surface area contributed by atoms with Gasteiger partial charge in [0.2, 0.25) is 0 Å². The Morgan fingerprint density at radius 1 is 1.12 bits per heavy atom. The lowest BCUT2D eigenvalue weighted by molar-refractivity contribution is 0.103. The number of ether oxygens (including phenoxy) is 2. The first-order chi connectivity index (χ1) is 12.2. The Bertz CT molecular complexity index is 873. The smallest absolute Gasteiger partial charge is 0.265 e. The predicted octanol–water partition coefficient (Wildman–Crippen LogP) is 4.90. The monoisotopic (exact) mass is 353 g/mol. The minimum atomic E-state index is -0.139. The van der Waals surface area contributed by atoms with Crippen LogP contribution < -0.4 is 14.8 Å². The third-order valence-corrected chi connectivity index (χ3v) is 4.67. The van der Waals surface area contributed by atoms with E-state index in [9.17, 15) is 4.79 Å². The summed E-state index contributed by atoms with van der Waals surface area (Å²) in [4.78, 5) is 13.0. The summed E-state index contributed by atoms with van der Waals surface area (Å²) < 4.78 is 11.0. The highest BCUT2D eigenvalue weighted by atomic mass is 32.1. The van der Waals surface area contributed by atoms with E-state index in [2.05, 4.69) is 5.32 Å². The predicted molar refractivity (Wildman–Crippen MR) is 101 cm³/mol. The zero-order chi connectivity index (χ0) is 17.6.